The smallest absolute Gasteiger partial charge is 0.304 e. The van der Waals surface area contributed by atoms with Gasteiger partial charge >= 0.3 is 5.97 Å². The number of anilines is 1. The molecule has 3 aliphatic rings. The first kappa shape index (κ1) is 23.7. The zero-order valence-electron chi connectivity index (χ0n) is 21.0. The number of nitrogens with zero attached hydrogens (tertiary/aromatic N) is 3. The molecule has 3 aromatic rings. The summed E-state index contributed by atoms with van der Waals surface area (Å²) in [6.45, 7) is 5.98. The highest BCUT2D eigenvalue weighted by molar-refractivity contribution is 5.74. The van der Waals surface area contributed by atoms with Gasteiger partial charge in [-0.05, 0) is 55.0 Å². The van der Waals surface area contributed by atoms with Crippen LogP contribution in [0.25, 0.3) is 11.1 Å². The van der Waals surface area contributed by atoms with Gasteiger partial charge in [0.15, 0.2) is 0 Å². The van der Waals surface area contributed by atoms with Crippen LogP contribution in [0, 0.1) is 6.92 Å². The molecule has 0 amide bonds. The minimum absolute atomic E-state index is 0.0703. The Morgan fingerprint density at radius 1 is 1.14 bits per heavy atom. The van der Waals surface area contributed by atoms with Crippen molar-refractivity contribution in [2.24, 2.45) is 0 Å². The van der Waals surface area contributed by atoms with E-state index in [1.807, 2.05) is 18.2 Å². The lowest BCUT2D eigenvalue weighted by atomic mass is 9.95. The summed E-state index contributed by atoms with van der Waals surface area (Å²) in [6.07, 6.45) is 3.08. The molecule has 2 aliphatic heterocycles. The second-order valence-corrected chi connectivity index (χ2v) is 9.97. The molecule has 8 heteroatoms. The molecule has 1 aromatic heterocycles. The number of aryl methyl sites for hydroxylation is 3. The second kappa shape index (κ2) is 10.0. The summed E-state index contributed by atoms with van der Waals surface area (Å²) >= 11 is 0. The Hall–Kier alpha value is -3.65. The Kier molecular flexibility index (Phi) is 6.42. The number of ether oxygens (including phenoxy) is 3. The van der Waals surface area contributed by atoms with Crippen LogP contribution in [0.5, 0.6) is 11.5 Å². The number of hydrogen-bond donors (Lipinski definition) is 1. The van der Waals surface area contributed by atoms with Crippen molar-refractivity contribution in [3.63, 3.8) is 0 Å². The van der Waals surface area contributed by atoms with E-state index < -0.39 is 5.97 Å². The maximum Gasteiger partial charge on any atom is 0.304 e. The molecule has 0 saturated carbocycles. The van der Waals surface area contributed by atoms with Crippen molar-refractivity contribution in [1.82, 2.24) is 9.97 Å². The van der Waals surface area contributed by atoms with Crippen LogP contribution in [0.4, 0.5) is 5.95 Å². The van der Waals surface area contributed by atoms with E-state index in [2.05, 4.69) is 30.0 Å². The second-order valence-electron chi connectivity index (χ2n) is 9.97. The molecule has 6 rings (SSSR count). The lowest BCUT2D eigenvalue weighted by Gasteiger charge is -2.28. The lowest BCUT2D eigenvalue weighted by molar-refractivity contribution is -0.137. The average Bonchev–Trinajstić information content (AvgIpc) is 3.19. The minimum atomic E-state index is -0.815. The van der Waals surface area contributed by atoms with Gasteiger partial charge in [-0.3, -0.25) is 4.79 Å². The minimum Gasteiger partial charge on any atom is -0.492 e. The first-order chi connectivity index (χ1) is 18.0. The van der Waals surface area contributed by atoms with Crippen LogP contribution in [-0.2, 0) is 29.0 Å². The molecule has 0 unspecified atom stereocenters. The van der Waals surface area contributed by atoms with Crippen LogP contribution in [0.3, 0.4) is 0 Å². The van der Waals surface area contributed by atoms with E-state index in [0.717, 1.165) is 66.4 Å². The Morgan fingerprint density at radius 2 is 2.00 bits per heavy atom. The van der Waals surface area contributed by atoms with E-state index in [9.17, 15) is 4.79 Å². The summed E-state index contributed by atoms with van der Waals surface area (Å²) < 4.78 is 17.4. The third-order valence-corrected chi connectivity index (χ3v) is 7.44. The van der Waals surface area contributed by atoms with Gasteiger partial charge in [0.1, 0.15) is 18.1 Å². The van der Waals surface area contributed by atoms with Crippen molar-refractivity contribution in [3.8, 4) is 22.6 Å². The van der Waals surface area contributed by atoms with Gasteiger partial charge in [-0.2, -0.15) is 0 Å². The van der Waals surface area contributed by atoms with Gasteiger partial charge in [0.05, 0.1) is 37.6 Å². The first-order valence-electron chi connectivity index (χ1n) is 13.0. The molecule has 1 fully saturated rings. The zero-order chi connectivity index (χ0) is 25.4. The first-order valence-corrected chi connectivity index (χ1v) is 13.0. The van der Waals surface area contributed by atoms with E-state index in [4.69, 9.17) is 29.3 Å². The van der Waals surface area contributed by atoms with E-state index >= 15 is 0 Å². The molecule has 8 nitrogen and oxygen atoms in total. The van der Waals surface area contributed by atoms with Crippen molar-refractivity contribution < 1.29 is 24.1 Å². The van der Waals surface area contributed by atoms with Gasteiger partial charge in [0.2, 0.25) is 5.95 Å². The predicted octanol–water partition coefficient (Wildman–Crippen LogP) is 4.31. The quantitative estimate of drug-likeness (QED) is 0.534. The van der Waals surface area contributed by atoms with Gasteiger partial charge in [0, 0.05) is 36.2 Å². The van der Waals surface area contributed by atoms with Crippen LogP contribution < -0.4 is 14.4 Å². The third-order valence-electron chi connectivity index (χ3n) is 7.44. The Morgan fingerprint density at radius 3 is 2.84 bits per heavy atom. The van der Waals surface area contributed by atoms with Crippen molar-refractivity contribution in [2.45, 2.75) is 45.1 Å². The summed E-state index contributed by atoms with van der Waals surface area (Å²) in [5, 5.41) is 9.12. The van der Waals surface area contributed by atoms with E-state index in [1.165, 1.54) is 11.1 Å². The molecule has 0 radical (unpaired) electrons. The molecular formula is C29H31N3O5. The van der Waals surface area contributed by atoms with Gasteiger partial charge in [-0.25, -0.2) is 9.97 Å². The number of carboxylic acid groups (broad SMARTS) is 1. The highest BCUT2D eigenvalue weighted by Gasteiger charge is 2.27. The highest BCUT2D eigenvalue weighted by Crippen LogP contribution is 2.39. The van der Waals surface area contributed by atoms with Crippen LogP contribution in [0.2, 0.25) is 0 Å². The number of carboxylic acids is 1. The van der Waals surface area contributed by atoms with Crippen LogP contribution in [0.1, 0.15) is 46.8 Å². The summed E-state index contributed by atoms with van der Waals surface area (Å²) in [5.74, 6) is 1.31. The molecule has 1 N–H and O–H groups in total. The fraction of sp³-hybridized carbons (Fsp3) is 0.414. The van der Waals surface area contributed by atoms with Gasteiger partial charge in [0.25, 0.3) is 0 Å². The third kappa shape index (κ3) is 4.85. The Labute approximate surface area is 216 Å². The lowest BCUT2D eigenvalue weighted by Crippen LogP contribution is -2.37. The molecule has 1 saturated heterocycles. The molecule has 0 bridgehead atoms. The molecule has 1 atom stereocenters. The predicted molar refractivity (Wildman–Crippen MR) is 139 cm³/mol. The SMILES string of the molecule is Cc1nc(N2CCOCC2)nc2c1-c1cc(COc3ccc4c(c3)OC[C@H]4CC(=O)O)ccc1CCC2. The number of rotatable bonds is 6. The molecular weight excluding hydrogens is 470 g/mol. The monoisotopic (exact) mass is 501 g/mol. The molecule has 0 spiro atoms. The van der Waals surface area contributed by atoms with Crippen LogP contribution >= 0.6 is 0 Å². The standard InChI is InChI=1S/C29H31N3O5/c1-18-28-24-13-19(16-36-22-7-8-23-21(14-27(33)34)17-37-26(23)15-22)5-6-20(24)3-2-4-25(28)31-29(30-18)32-9-11-35-12-10-32/h5-8,13,15,21H,2-4,9-12,14,16-17H2,1H3,(H,33,34)/t21-/m1/s1. The Balaban J connectivity index is 1.23. The van der Waals surface area contributed by atoms with Crippen LogP contribution in [-0.4, -0.2) is 54.0 Å². The number of aliphatic carboxylic acids is 1. The summed E-state index contributed by atoms with van der Waals surface area (Å²) in [6, 6.07) is 12.2. The Bertz CT molecular complexity index is 1340. The number of morpholine rings is 1. The summed E-state index contributed by atoms with van der Waals surface area (Å²) in [4.78, 5) is 23.2. The number of carbonyl (C=O) groups is 1. The normalized spacial score (nSPS) is 18.3. The van der Waals surface area contributed by atoms with Crippen molar-refractivity contribution in [3.05, 3.63) is 64.5 Å². The van der Waals surface area contributed by atoms with Crippen molar-refractivity contribution in [2.75, 3.05) is 37.8 Å². The summed E-state index contributed by atoms with van der Waals surface area (Å²) in [5.41, 5.74) is 7.83. The average molecular weight is 502 g/mol. The molecule has 37 heavy (non-hydrogen) atoms. The zero-order valence-corrected chi connectivity index (χ0v) is 21.0. The van der Waals surface area contributed by atoms with E-state index in [0.29, 0.717) is 37.9 Å². The topological polar surface area (TPSA) is 94.0 Å². The van der Waals surface area contributed by atoms with Crippen LogP contribution in [0.15, 0.2) is 36.4 Å². The molecule has 1 aliphatic carbocycles. The molecule has 3 heterocycles. The largest absolute Gasteiger partial charge is 0.492 e. The number of hydrogen-bond acceptors (Lipinski definition) is 7. The van der Waals surface area contributed by atoms with E-state index in [1.54, 1.807) is 0 Å². The van der Waals surface area contributed by atoms with Gasteiger partial charge in [-0.1, -0.05) is 18.2 Å². The van der Waals surface area contributed by atoms with Crippen molar-refractivity contribution in [1.29, 1.82) is 0 Å². The number of benzene rings is 2. The van der Waals surface area contributed by atoms with Gasteiger partial charge in [-0.15, -0.1) is 0 Å². The summed E-state index contributed by atoms with van der Waals surface area (Å²) in [7, 11) is 0. The molecule has 2 aromatic carbocycles. The fourth-order valence-corrected chi connectivity index (χ4v) is 5.56. The molecule has 192 valence electrons. The van der Waals surface area contributed by atoms with E-state index in [-0.39, 0.29) is 12.3 Å². The van der Waals surface area contributed by atoms with Crippen molar-refractivity contribution >= 4 is 11.9 Å². The maximum absolute atomic E-state index is 11.1. The number of fused-ring (bicyclic) bond motifs is 4. The number of aromatic nitrogens is 2. The highest BCUT2D eigenvalue weighted by atomic mass is 16.5. The fourth-order valence-electron chi connectivity index (χ4n) is 5.56. The van der Waals surface area contributed by atoms with Gasteiger partial charge < -0.3 is 24.2 Å². The maximum atomic E-state index is 11.1.